The zero-order valence-corrected chi connectivity index (χ0v) is 10.2. The molecule has 16 heavy (non-hydrogen) atoms. The minimum absolute atomic E-state index is 0.0143. The Morgan fingerprint density at radius 1 is 0.875 bits per heavy atom. The first kappa shape index (κ1) is 12.3. The van der Waals surface area contributed by atoms with E-state index in [9.17, 15) is 0 Å². The van der Waals surface area contributed by atoms with E-state index in [1.54, 1.807) is 0 Å². The molecule has 2 fully saturated rings. The lowest BCUT2D eigenvalue weighted by molar-refractivity contribution is -0.188. The molecule has 94 valence electrons. The summed E-state index contributed by atoms with van der Waals surface area (Å²) < 4.78 is 16.9. The highest BCUT2D eigenvalue weighted by Crippen LogP contribution is 2.20. The van der Waals surface area contributed by atoms with Crippen molar-refractivity contribution in [3.63, 3.8) is 0 Å². The summed E-state index contributed by atoms with van der Waals surface area (Å²) in [6.07, 6.45) is 10.3. The van der Waals surface area contributed by atoms with Crippen LogP contribution >= 0.6 is 0 Å². The van der Waals surface area contributed by atoms with Crippen LogP contribution in [0.15, 0.2) is 0 Å². The molecular formula is C13H24O3. The van der Waals surface area contributed by atoms with E-state index in [1.807, 2.05) is 0 Å². The van der Waals surface area contributed by atoms with Gasteiger partial charge in [0.25, 0.3) is 0 Å². The highest BCUT2D eigenvalue weighted by Gasteiger charge is 2.16. The topological polar surface area (TPSA) is 27.7 Å². The third-order valence-electron chi connectivity index (χ3n) is 3.41. The van der Waals surface area contributed by atoms with E-state index in [4.69, 9.17) is 14.2 Å². The summed E-state index contributed by atoms with van der Waals surface area (Å²) in [6.45, 7) is 2.47. The number of hydrogen-bond donors (Lipinski definition) is 0. The summed E-state index contributed by atoms with van der Waals surface area (Å²) in [5, 5.41) is 0. The molecule has 0 amide bonds. The van der Waals surface area contributed by atoms with Crippen LogP contribution < -0.4 is 0 Å². The van der Waals surface area contributed by atoms with Gasteiger partial charge in [0, 0.05) is 6.42 Å². The number of hydrogen-bond acceptors (Lipinski definition) is 3. The van der Waals surface area contributed by atoms with Gasteiger partial charge in [-0.15, -0.1) is 0 Å². The molecule has 0 spiro atoms. The smallest absolute Gasteiger partial charge is 0.159 e. The van der Waals surface area contributed by atoms with Crippen LogP contribution in [0.2, 0.25) is 0 Å². The second kappa shape index (κ2) is 7.25. The summed E-state index contributed by atoms with van der Waals surface area (Å²) in [5.74, 6) is 0. The lowest BCUT2D eigenvalue weighted by atomic mass is 10.1. The Bertz CT molecular complexity index is 170. The quantitative estimate of drug-likeness (QED) is 0.692. The fourth-order valence-corrected chi connectivity index (χ4v) is 2.44. The normalized spacial score (nSPS) is 25.5. The first-order chi connectivity index (χ1) is 7.95. The van der Waals surface area contributed by atoms with Crippen molar-refractivity contribution in [2.24, 2.45) is 0 Å². The van der Waals surface area contributed by atoms with Gasteiger partial charge in [0.05, 0.1) is 25.9 Å². The largest absolute Gasteiger partial charge is 0.378 e. The summed E-state index contributed by atoms with van der Waals surface area (Å²) in [6, 6.07) is 0. The fraction of sp³-hybridized carbons (Fsp3) is 1.00. The van der Waals surface area contributed by atoms with Gasteiger partial charge in [-0.1, -0.05) is 25.7 Å². The summed E-state index contributed by atoms with van der Waals surface area (Å²) in [7, 11) is 0. The van der Waals surface area contributed by atoms with Gasteiger partial charge in [0.1, 0.15) is 0 Å². The second-order valence-electron chi connectivity index (χ2n) is 4.80. The third kappa shape index (κ3) is 4.40. The van der Waals surface area contributed by atoms with E-state index >= 15 is 0 Å². The molecule has 0 bridgehead atoms. The molecule has 2 aliphatic rings. The molecular weight excluding hydrogens is 204 g/mol. The molecule has 0 radical (unpaired) electrons. The maximum Gasteiger partial charge on any atom is 0.159 e. The van der Waals surface area contributed by atoms with Crippen LogP contribution in [0, 0.1) is 0 Å². The van der Waals surface area contributed by atoms with Gasteiger partial charge in [0.2, 0.25) is 0 Å². The predicted octanol–water partition coefficient (Wildman–Crippen LogP) is 2.88. The van der Waals surface area contributed by atoms with Crippen LogP contribution in [-0.2, 0) is 14.2 Å². The van der Waals surface area contributed by atoms with Gasteiger partial charge in [-0.3, -0.25) is 0 Å². The lowest BCUT2D eigenvalue weighted by Gasteiger charge is -2.24. The van der Waals surface area contributed by atoms with Gasteiger partial charge in [-0.2, -0.15) is 0 Å². The van der Waals surface area contributed by atoms with Crippen molar-refractivity contribution < 1.29 is 14.2 Å². The first-order valence-electron chi connectivity index (χ1n) is 6.80. The molecule has 0 atom stereocenters. The molecule has 1 aliphatic carbocycles. The van der Waals surface area contributed by atoms with Crippen LogP contribution in [-0.4, -0.2) is 32.2 Å². The molecule has 0 aromatic rings. The van der Waals surface area contributed by atoms with Gasteiger partial charge >= 0.3 is 0 Å². The monoisotopic (exact) mass is 228 g/mol. The molecule has 0 unspecified atom stereocenters. The van der Waals surface area contributed by atoms with E-state index in [0.29, 0.717) is 6.10 Å². The Hall–Kier alpha value is -0.120. The van der Waals surface area contributed by atoms with Crippen molar-refractivity contribution in [2.45, 2.75) is 63.8 Å². The van der Waals surface area contributed by atoms with Gasteiger partial charge in [0.15, 0.2) is 6.29 Å². The maximum atomic E-state index is 5.91. The van der Waals surface area contributed by atoms with E-state index in [2.05, 4.69) is 0 Å². The van der Waals surface area contributed by atoms with Gasteiger partial charge < -0.3 is 14.2 Å². The Balaban J connectivity index is 1.55. The van der Waals surface area contributed by atoms with E-state index in [-0.39, 0.29) is 6.29 Å². The summed E-state index contributed by atoms with van der Waals surface area (Å²) in [4.78, 5) is 0. The Kier molecular flexibility index (Phi) is 5.59. The average Bonchev–Trinajstić information content (AvgIpc) is 2.59. The molecule has 1 heterocycles. The molecule has 1 saturated carbocycles. The summed E-state index contributed by atoms with van der Waals surface area (Å²) in [5.41, 5.74) is 0. The van der Waals surface area contributed by atoms with Crippen LogP contribution in [0.5, 0.6) is 0 Å². The Labute approximate surface area is 98.4 Å². The standard InChI is InChI=1S/C13H24O3/c1-2-4-7-12(6-3-1)14-11-8-13-15-9-5-10-16-13/h12-13H,1-11H2. The van der Waals surface area contributed by atoms with Crippen LogP contribution in [0.3, 0.4) is 0 Å². The Morgan fingerprint density at radius 2 is 1.56 bits per heavy atom. The van der Waals surface area contributed by atoms with Crippen LogP contribution in [0.25, 0.3) is 0 Å². The number of ether oxygens (including phenoxy) is 3. The van der Waals surface area contributed by atoms with Gasteiger partial charge in [-0.05, 0) is 19.3 Å². The first-order valence-corrected chi connectivity index (χ1v) is 6.80. The van der Waals surface area contributed by atoms with Crippen molar-refractivity contribution in [3.05, 3.63) is 0 Å². The van der Waals surface area contributed by atoms with Crippen molar-refractivity contribution >= 4 is 0 Å². The zero-order chi connectivity index (χ0) is 11.1. The van der Waals surface area contributed by atoms with E-state index < -0.39 is 0 Å². The predicted molar refractivity (Wildman–Crippen MR) is 62.4 cm³/mol. The van der Waals surface area contributed by atoms with Crippen molar-refractivity contribution in [3.8, 4) is 0 Å². The lowest BCUT2D eigenvalue weighted by Crippen LogP contribution is -2.27. The zero-order valence-electron chi connectivity index (χ0n) is 10.2. The van der Waals surface area contributed by atoms with Crippen molar-refractivity contribution in [1.82, 2.24) is 0 Å². The SMILES string of the molecule is C1CCCC(OCCC2OCCCO2)CC1. The van der Waals surface area contributed by atoms with Gasteiger partial charge in [-0.25, -0.2) is 0 Å². The highest BCUT2D eigenvalue weighted by atomic mass is 16.7. The Morgan fingerprint density at radius 3 is 2.25 bits per heavy atom. The van der Waals surface area contributed by atoms with E-state index in [1.165, 1.54) is 38.5 Å². The molecule has 0 aromatic heterocycles. The van der Waals surface area contributed by atoms with Crippen LogP contribution in [0.4, 0.5) is 0 Å². The highest BCUT2D eigenvalue weighted by molar-refractivity contribution is 4.64. The van der Waals surface area contributed by atoms with Crippen molar-refractivity contribution in [2.75, 3.05) is 19.8 Å². The summed E-state index contributed by atoms with van der Waals surface area (Å²) >= 11 is 0. The molecule has 0 aromatic carbocycles. The minimum atomic E-state index is -0.0143. The molecule has 1 saturated heterocycles. The number of rotatable bonds is 4. The molecule has 0 N–H and O–H groups in total. The third-order valence-corrected chi connectivity index (χ3v) is 3.41. The molecule has 3 nitrogen and oxygen atoms in total. The second-order valence-corrected chi connectivity index (χ2v) is 4.80. The molecule has 1 aliphatic heterocycles. The molecule has 2 rings (SSSR count). The fourth-order valence-electron chi connectivity index (χ4n) is 2.44. The molecule has 3 heteroatoms. The van der Waals surface area contributed by atoms with E-state index in [0.717, 1.165) is 32.7 Å². The van der Waals surface area contributed by atoms with Crippen LogP contribution in [0.1, 0.15) is 51.4 Å². The van der Waals surface area contributed by atoms with Crippen molar-refractivity contribution in [1.29, 1.82) is 0 Å². The minimum Gasteiger partial charge on any atom is -0.378 e. The maximum absolute atomic E-state index is 5.91. The average molecular weight is 228 g/mol.